The Morgan fingerprint density at radius 1 is 0.833 bits per heavy atom. The predicted octanol–water partition coefficient (Wildman–Crippen LogP) is -3.31. The van der Waals surface area contributed by atoms with Gasteiger partial charge < -0.3 is 31.9 Å². The highest BCUT2D eigenvalue weighted by Crippen LogP contribution is 2.04. The van der Waals surface area contributed by atoms with E-state index in [9.17, 15) is 0 Å². The summed E-state index contributed by atoms with van der Waals surface area (Å²) >= 11 is 0. The summed E-state index contributed by atoms with van der Waals surface area (Å²) in [5.74, 6) is 0. The smallest absolute Gasteiger partial charge is 0.111 e. The van der Waals surface area contributed by atoms with Gasteiger partial charge in [0, 0.05) is 0 Å². The van der Waals surface area contributed by atoms with Gasteiger partial charge in [-0.2, -0.15) is 0 Å². The number of aliphatic hydroxyl groups is 4. The molecule has 0 aromatic rings. The highest BCUT2D eigenvalue weighted by molar-refractivity contribution is 4.82. The van der Waals surface area contributed by atoms with Crippen LogP contribution in [0.4, 0.5) is 0 Å². The van der Waals surface area contributed by atoms with Crippen LogP contribution in [0.3, 0.4) is 0 Å². The minimum atomic E-state index is -1.54. The zero-order chi connectivity index (χ0) is 9.89. The first-order valence-corrected chi connectivity index (χ1v) is 3.61. The summed E-state index contributed by atoms with van der Waals surface area (Å²) in [4.78, 5) is 0. The van der Waals surface area contributed by atoms with Crippen LogP contribution < -0.4 is 11.5 Å². The second-order valence-corrected chi connectivity index (χ2v) is 2.79. The molecule has 12 heavy (non-hydrogen) atoms. The van der Waals surface area contributed by atoms with Gasteiger partial charge in [-0.15, -0.1) is 0 Å². The van der Waals surface area contributed by atoms with Gasteiger partial charge in [-0.25, -0.2) is 0 Å². The van der Waals surface area contributed by atoms with Crippen molar-refractivity contribution < 1.29 is 20.4 Å². The molecule has 0 radical (unpaired) electrons. The minimum Gasteiger partial charge on any atom is -0.391 e. The predicted molar refractivity (Wildman–Crippen MR) is 41.9 cm³/mol. The van der Waals surface area contributed by atoms with E-state index in [4.69, 9.17) is 31.9 Å². The molecule has 6 heteroatoms. The van der Waals surface area contributed by atoms with Gasteiger partial charge in [-0.05, 0) is 6.92 Å². The molecule has 0 saturated carbocycles. The van der Waals surface area contributed by atoms with E-state index in [0.29, 0.717) is 0 Å². The van der Waals surface area contributed by atoms with Crippen molar-refractivity contribution in [1.82, 2.24) is 0 Å². The van der Waals surface area contributed by atoms with E-state index in [1.165, 1.54) is 6.92 Å². The molecular formula is C6H16N2O4. The summed E-state index contributed by atoms with van der Waals surface area (Å²) in [5.41, 5.74) is 10.1. The lowest BCUT2D eigenvalue weighted by Gasteiger charge is -2.26. The van der Waals surface area contributed by atoms with Crippen molar-refractivity contribution in [3.8, 4) is 0 Å². The van der Waals surface area contributed by atoms with Gasteiger partial charge in [0.1, 0.15) is 18.3 Å². The van der Waals surface area contributed by atoms with Gasteiger partial charge in [0.2, 0.25) is 0 Å². The largest absolute Gasteiger partial charge is 0.391 e. The van der Waals surface area contributed by atoms with E-state index in [-0.39, 0.29) is 0 Å². The van der Waals surface area contributed by atoms with E-state index in [0.717, 1.165) is 0 Å². The van der Waals surface area contributed by atoms with Crippen LogP contribution in [0.5, 0.6) is 0 Å². The molecule has 74 valence electrons. The molecule has 0 aliphatic heterocycles. The summed E-state index contributed by atoms with van der Waals surface area (Å²) in [5, 5.41) is 36.0. The van der Waals surface area contributed by atoms with Gasteiger partial charge >= 0.3 is 0 Å². The fraction of sp³-hybridized carbons (Fsp3) is 1.00. The zero-order valence-electron chi connectivity index (χ0n) is 6.83. The maximum absolute atomic E-state index is 9.11. The summed E-state index contributed by atoms with van der Waals surface area (Å²) in [6.07, 6.45) is -6.73. The van der Waals surface area contributed by atoms with Crippen molar-refractivity contribution in [1.29, 1.82) is 0 Å². The van der Waals surface area contributed by atoms with Crippen LogP contribution in [0.15, 0.2) is 0 Å². The molecular weight excluding hydrogens is 164 g/mol. The van der Waals surface area contributed by atoms with Crippen LogP contribution in [0.2, 0.25) is 0 Å². The zero-order valence-corrected chi connectivity index (χ0v) is 6.83. The third-order valence-corrected chi connectivity index (χ3v) is 1.59. The lowest BCUT2D eigenvalue weighted by Crippen LogP contribution is -2.54. The Morgan fingerprint density at radius 2 is 1.25 bits per heavy atom. The molecule has 0 unspecified atom stereocenters. The average Bonchev–Trinajstić information content (AvgIpc) is 2.00. The number of nitrogens with two attached hydrogens (primary N) is 2. The second-order valence-electron chi connectivity index (χ2n) is 2.79. The quantitative estimate of drug-likeness (QED) is 0.251. The SMILES string of the molecule is C[C@@H](O)[C@@H](O)[C@H](O)[C@H](O)C(N)N. The maximum atomic E-state index is 9.11. The number of rotatable bonds is 4. The van der Waals surface area contributed by atoms with Gasteiger partial charge in [-0.1, -0.05) is 0 Å². The van der Waals surface area contributed by atoms with Crippen molar-refractivity contribution >= 4 is 0 Å². The number of hydrogen-bond donors (Lipinski definition) is 6. The molecule has 6 nitrogen and oxygen atoms in total. The van der Waals surface area contributed by atoms with Crippen molar-refractivity contribution in [3.63, 3.8) is 0 Å². The van der Waals surface area contributed by atoms with Crippen LogP contribution in [0, 0.1) is 0 Å². The van der Waals surface area contributed by atoms with E-state index in [1.54, 1.807) is 0 Å². The van der Waals surface area contributed by atoms with Crippen LogP contribution in [-0.2, 0) is 0 Å². The van der Waals surface area contributed by atoms with Gasteiger partial charge in [-0.3, -0.25) is 0 Å². The monoisotopic (exact) mass is 180 g/mol. The van der Waals surface area contributed by atoms with Crippen molar-refractivity contribution in [2.45, 2.75) is 37.5 Å². The fourth-order valence-corrected chi connectivity index (χ4v) is 0.715. The summed E-state index contributed by atoms with van der Waals surface area (Å²) in [6, 6.07) is 0. The van der Waals surface area contributed by atoms with Gasteiger partial charge in [0.15, 0.2) is 0 Å². The summed E-state index contributed by atoms with van der Waals surface area (Å²) in [7, 11) is 0. The molecule has 0 bridgehead atoms. The molecule has 0 aromatic carbocycles. The normalized spacial score (nSPS) is 22.0. The molecule has 0 aliphatic rings. The minimum absolute atomic E-state index is 1.14. The van der Waals surface area contributed by atoms with Crippen LogP contribution in [0.25, 0.3) is 0 Å². The van der Waals surface area contributed by atoms with E-state index >= 15 is 0 Å². The summed E-state index contributed by atoms with van der Waals surface area (Å²) in [6.45, 7) is 1.28. The Kier molecular flexibility index (Phi) is 4.61. The maximum Gasteiger partial charge on any atom is 0.111 e. The number of hydrogen-bond acceptors (Lipinski definition) is 6. The van der Waals surface area contributed by atoms with E-state index in [1.807, 2.05) is 0 Å². The Labute approximate surface area is 70.4 Å². The van der Waals surface area contributed by atoms with Crippen molar-refractivity contribution in [2.24, 2.45) is 11.5 Å². The average molecular weight is 180 g/mol. The highest BCUT2D eigenvalue weighted by Gasteiger charge is 2.30. The van der Waals surface area contributed by atoms with Crippen LogP contribution in [-0.4, -0.2) is 51.0 Å². The molecule has 0 fully saturated rings. The molecule has 8 N–H and O–H groups in total. The van der Waals surface area contributed by atoms with Gasteiger partial charge in [0.25, 0.3) is 0 Å². The molecule has 0 aliphatic carbocycles. The van der Waals surface area contributed by atoms with Crippen LogP contribution in [0.1, 0.15) is 6.92 Å². The first-order chi connectivity index (χ1) is 5.37. The molecule has 0 amide bonds. The lowest BCUT2D eigenvalue weighted by molar-refractivity contribution is -0.105. The first kappa shape index (κ1) is 11.8. The Hall–Kier alpha value is -0.240. The van der Waals surface area contributed by atoms with Crippen molar-refractivity contribution in [3.05, 3.63) is 0 Å². The Morgan fingerprint density at radius 3 is 1.50 bits per heavy atom. The summed E-state index contributed by atoms with van der Waals surface area (Å²) < 4.78 is 0. The molecule has 0 spiro atoms. The molecule has 4 atom stereocenters. The standard InChI is InChI=1S/C6H16N2O4/c1-2(9)3(10)4(11)5(12)6(7)8/h2-6,9-12H,7-8H2,1H3/t2-,3-,4+,5+/m1/s1. The van der Waals surface area contributed by atoms with Crippen LogP contribution >= 0.6 is 0 Å². The number of aliphatic hydroxyl groups excluding tert-OH is 4. The topological polar surface area (TPSA) is 133 Å². The highest BCUT2D eigenvalue weighted by atomic mass is 16.4. The fourth-order valence-electron chi connectivity index (χ4n) is 0.715. The van der Waals surface area contributed by atoms with Crippen molar-refractivity contribution in [2.75, 3.05) is 0 Å². The lowest BCUT2D eigenvalue weighted by atomic mass is 10.0. The molecule has 0 rings (SSSR count). The first-order valence-electron chi connectivity index (χ1n) is 3.61. The molecule has 0 aromatic heterocycles. The van der Waals surface area contributed by atoms with E-state index in [2.05, 4.69) is 0 Å². The Bertz CT molecular complexity index is 117. The second kappa shape index (κ2) is 4.70. The van der Waals surface area contributed by atoms with E-state index < -0.39 is 30.6 Å². The third kappa shape index (κ3) is 3.02. The van der Waals surface area contributed by atoms with Gasteiger partial charge in [0.05, 0.1) is 12.3 Å². The molecule has 0 heterocycles. The third-order valence-electron chi connectivity index (χ3n) is 1.59. The Balaban J connectivity index is 4.08. The molecule has 0 saturated heterocycles.